The standard InChI is InChI=1S/C11H21N/c1-8-6-9-4-3-5-11(12-2)10(9)7-8/h8-12H,3-7H2,1-2H3/t8-,9?,10?,11?/m0/s1. The zero-order chi connectivity index (χ0) is 8.55. The first-order chi connectivity index (χ1) is 5.81. The van der Waals surface area contributed by atoms with Gasteiger partial charge in [-0.2, -0.15) is 0 Å². The maximum atomic E-state index is 3.50. The van der Waals surface area contributed by atoms with Gasteiger partial charge in [0.2, 0.25) is 0 Å². The summed E-state index contributed by atoms with van der Waals surface area (Å²) in [7, 11) is 2.13. The maximum absolute atomic E-state index is 3.50. The molecule has 0 amide bonds. The lowest BCUT2D eigenvalue weighted by Crippen LogP contribution is -2.38. The minimum Gasteiger partial charge on any atom is -0.317 e. The molecule has 2 rings (SSSR count). The number of rotatable bonds is 1. The predicted octanol–water partition coefficient (Wildman–Crippen LogP) is 2.42. The molecule has 2 aliphatic rings. The van der Waals surface area contributed by atoms with E-state index in [4.69, 9.17) is 0 Å². The Kier molecular flexibility index (Phi) is 2.40. The van der Waals surface area contributed by atoms with E-state index in [1.54, 1.807) is 0 Å². The Bertz CT molecular complexity index is 149. The molecule has 2 saturated carbocycles. The van der Waals surface area contributed by atoms with Gasteiger partial charge in [-0.3, -0.25) is 0 Å². The Morgan fingerprint density at radius 1 is 1.17 bits per heavy atom. The van der Waals surface area contributed by atoms with Crippen molar-refractivity contribution in [3.63, 3.8) is 0 Å². The minimum atomic E-state index is 0.841. The Balaban J connectivity index is 2.02. The number of hydrogen-bond donors (Lipinski definition) is 1. The van der Waals surface area contributed by atoms with Crippen LogP contribution in [-0.2, 0) is 0 Å². The summed E-state index contributed by atoms with van der Waals surface area (Å²) in [6.45, 7) is 2.42. The Labute approximate surface area is 75.9 Å². The average Bonchev–Trinajstić information content (AvgIpc) is 2.44. The zero-order valence-corrected chi connectivity index (χ0v) is 8.34. The van der Waals surface area contributed by atoms with Crippen molar-refractivity contribution in [1.29, 1.82) is 0 Å². The molecule has 0 bridgehead atoms. The molecule has 0 aliphatic heterocycles. The Morgan fingerprint density at radius 3 is 2.75 bits per heavy atom. The van der Waals surface area contributed by atoms with Gasteiger partial charge in [0.1, 0.15) is 0 Å². The fourth-order valence-electron chi connectivity index (χ4n) is 3.44. The van der Waals surface area contributed by atoms with Gasteiger partial charge in [-0.25, -0.2) is 0 Å². The molecule has 3 unspecified atom stereocenters. The quantitative estimate of drug-likeness (QED) is 0.632. The Morgan fingerprint density at radius 2 is 2.00 bits per heavy atom. The van der Waals surface area contributed by atoms with E-state index >= 15 is 0 Å². The third kappa shape index (κ3) is 1.39. The summed E-state index contributed by atoms with van der Waals surface area (Å²) >= 11 is 0. The molecule has 1 nitrogen and oxygen atoms in total. The predicted molar refractivity (Wildman–Crippen MR) is 52.1 cm³/mol. The lowest BCUT2D eigenvalue weighted by molar-refractivity contribution is 0.215. The second-order valence-electron chi connectivity index (χ2n) is 4.83. The van der Waals surface area contributed by atoms with Crippen LogP contribution in [0, 0.1) is 17.8 Å². The Hall–Kier alpha value is -0.0400. The molecule has 2 fully saturated rings. The second-order valence-corrected chi connectivity index (χ2v) is 4.83. The molecule has 0 radical (unpaired) electrons. The van der Waals surface area contributed by atoms with Crippen LogP contribution >= 0.6 is 0 Å². The number of fused-ring (bicyclic) bond motifs is 1. The highest BCUT2D eigenvalue weighted by molar-refractivity contribution is 4.92. The lowest BCUT2D eigenvalue weighted by atomic mass is 9.78. The van der Waals surface area contributed by atoms with Crippen molar-refractivity contribution in [3.05, 3.63) is 0 Å². The molecular formula is C11H21N. The number of hydrogen-bond acceptors (Lipinski definition) is 1. The third-order valence-corrected chi connectivity index (χ3v) is 3.96. The SMILES string of the molecule is CNC1CCCC2C[C@H](C)CC21. The molecule has 0 heterocycles. The molecule has 1 heteroatoms. The molecule has 0 aromatic carbocycles. The summed E-state index contributed by atoms with van der Waals surface area (Å²) in [5.41, 5.74) is 0. The first-order valence-electron chi connectivity index (χ1n) is 5.48. The van der Waals surface area contributed by atoms with Crippen molar-refractivity contribution in [1.82, 2.24) is 5.32 Å². The van der Waals surface area contributed by atoms with Crippen LogP contribution in [0.5, 0.6) is 0 Å². The van der Waals surface area contributed by atoms with Crippen molar-refractivity contribution >= 4 is 0 Å². The van der Waals surface area contributed by atoms with E-state index in [0.29, 0.717) is 0 Å². The van der Waals surface area contributed by atoms with E-state index in [9.17, 15) is 0 Å². The maximum Gasteiger partial charge on any atom is 0.00950 e. The second kappa shape index (κ2) is 3.37. The van der Waals surface area contributed by atoms with Crippen LogP contribution in [0.3, 0.4) is 0 Å². The van der Waals surface area contributed by atoms with Gasteiger partial charge in [0, 0.05) is 6.04 Å². The van der Waals surface area contributed by atoms with E-state index < -0.39 is 0 Å². The number of nitrogens with one attached hydrogen (secondary N) is 1. The van der Waals surface area contributed by atoms with Crippen LogP contribution < -0.4 is 5.32 Å². The van der Waals surface area contributed by atoms with Crippen LogP contribution in [0.4, 0.5) is 0 Å². The molecule has 0 spiro atoms. The summed E-state index contributed by atoms with van der Waals surface area (Å²) in [5, 5.41) is 3.50. The van der Waals surface area contributed by atoms with Gasteiger partial charge in [0.15, 0.2) is 0 Å². The summed E-state index contributed by atoms with van der Waals surface area (Å²) in [4.78, 5) is 0. The molecule has 4 atom stereocenters. The topological polar surface area (TPSA) is 12.0 Å². The van der Waals surface area contributed by atoms with Gasteiger partial charge in [-0.15, -0.1) is 0 Å². The molecule has 1 N–H and O–H groups in total. The summed E-state index contributed by atoms with van der Waals surface area (Å²) in [5.74, 6) is 3.07. The highest BCUT2D eigenvalue weighted by Crippen LogP contribution is 2.44. The lowest BCUT2D eigenvalue weighted by Gasteiger charge is -2.33. The highest BCUT2D eigenvalue weighted by Gasteiger charge is 2.38. The fraction of sp³-hybridized carbons (Fsp3) is 1.00. The third-order valence-electron chi connectivity index (χ3n) is 3.96. The minimum absolute atomic E-state index is 0.841. The molecule has 12 heavy (non-hydrogen) atoms. The van der Waals surface area contributed by atoms with Crippen molar-refractivity contribution in [2.45, 2.75) is 45.1 Å². The van der Waals surface area contributed by atoms with Gasteiger partial charge in [-0.1, -0.05) is 19.8 Å². The van der Waals surface area contributed by atoms with E-state index in [1.807, 2.05) is 0 Å². The van der Waals surface area contributed by atoms with E-state index in [2.05, 4.69) is 19.3 Å². The van der Waals surface area contributed by atoms with Crippen LogP contribution in [0.1, 0.15) is 39.0 Å². The molecular weight excluding hydrogens is 146 g/mol. The average molecular weight is 167 g/mol. The van der Waals surface area contributed by atoms with Crippen molar-refractivity contribution < 1.29 is 0 Å². The summed E-state index contributed by atoms with van der Waals surface area (Å²) in [6.07, 6.45) is 7.37. The van der Waals surface area contributed by atoms with Crippen LogP contribution in [0.15, 0.2) is 0 Å². The monoisotopic (exact) mass is 167 g/mol. The zero-order valence-electron chi connectivity index (χ0n) is 8.34. The van der Waals surface area contributed by atoms with Crippen molar-refractivity contribution in [3.8, 4) is 0 Å². The molecule has 2 aliphatic carbocycles. The fourth-order valence-corrected chi connectivity index (χ4v) is 3.44. The van der Waals surface area contributed by atoms with Crippen molar-refractivity contribution in [2.75, 3.05) is 7.05 Å². The smallest absolute Gasteiger partial charge is 0.00950 e. The largest absolute Gasteiger partial charge is 0.317 e. The van der Waals surface area contributed by atoms with Gasteiger partial charge >= 0.3 is 0 Å². The van der Waals surface area contributed by atoms with Gasteiger partial charge in [-0.05, 0) is 44.1 Å². The summed E-state index contributed by atoms with van der Waals surface area (Å²) < 4.78 is 0. The van der Waals surface area contributed by atoms with Gasteiger partial charge in [0.05, 0.1) is 0 Å². The van der Waals surface area contributed by atoms with Crippen molar-refractivity contribution in [2.24, 2.45) is 17.8 Å². The van der Waals surface area contributed by atoms with E-state index in [0.717, 1.165) is 23.8 Å². The van der Waals surface area contributed by atoms with Gasteiger partial charge in [0.25, 0.3) is 0 Å². The first-order valence-corrected chi connectivity index (χ1v) is 5.48. The van der Waals surface area contributed by atoms with E-state index in [1.165, 1.54) is 32.1 Å². The normalized spacial score (nSPS) is 47.5. The molecule has 0 aromatic rings. The first kappa shape index (κ1) is 8.55. The van der Waals surface area contributed by atoms with Crippen LogP contribution in [0.25, 0.3) is 0 Å². The summed E-state index contributed by atoms with van der Waals surface area (Å²) in [6, 6.07) is 0.841. The molecule has 0 aromatic heterocycles. The van der Waals surface area contributed by atoms with E-state index in [-0.39, 0.29) is 0 Å². The van der Waals surface area contributed by atoms with Gasteiger partial charge < -0.3 is 5.32 Å². The highest BCUT2D eigenvalue weighted by atomic mass is 14.9. The van der Waals surface area contributed by atoms with Crippen LogP contribution in [0.2, 0.25) is 0 Å². The molecule has 70 valence electrons. The van der Waals surface area contributed by atoms with Crippen LogP contribution in [-0.4, -0.2) is 13.1 Å². The molecule has 0 saturated heterocycles.